The lowest BCUT2D eigenvalue weighted by molar-refractivity contribution is 0.401. The van der Waals surface area contributed by atoms with Gasteiger partial charge < -0.3 is 9.47 Å². The van der Waals surface area contributed by atoms with E-state index in [4.69, 9.17) is 21.1 Å². The van der Waals surface area contributed by atoms with Crippen LogP contribution in [0.3, 0.4) is 0 Å². The fraction of sp³-hybridized carbons (Fsp3) is 0.217. The molecule has 0 saturated heterocycles. The van der Waals surface area contributed by atoms with E-state index in [2.05, 4.69) is 4.72 Å². The molecule has 0 radical (unpaired) electrons. The predicted octanol–water partition coefficient (Wildman–Crippen LogP) is 5.82. The molecule has 0 aliphatic heterocycles. The third-order valence-electron chi connectivity index (χ3n) is 5.07. The minimum absolute atomic E-state index is 0.108. The first-order chi connectivity index (χ1) is 14.5. The quantitative estimate of drug-likeness (QED) is 0.521. The number of rotatable bonds is 6. The first-order valence-corrected chi connectivity index (χ1v) is 11.6. The Bertz CT molecular complexity index is 1160. The van der Waals surface area contributed by atoms with Crippen molar-refractivity contribution in [2.45, 2.75) is 30.6 Å². The van der Waals surface area contributed by atoms with Crippen LogP contribution in [0.4, 0.5) is 5.69 Å². The van der Waals surface area contributed by atoms with Crippen LogP contribution in [0.15, 0.2) is 65.6 Å². The lowest BCUT2D eigenvalue weighted by Gasteiger charge is -2.20. The molecule has 7 heteroatoms. The van der Waals surface area contributed by atoms with Gasteiger partial charge in [-0.2, -0.15) is 0 Å². The van der Waals surface area contributed by atoms with E-state index in [1.807, 2.05) is 24.3 Å². The third-order valence-corrected chi connectivity index (χ3v) is 6.70. The fourth-order valence-electron chi connectivity index (χ4n) is 3.60. The minimum atomic E-state index is -3.93. The number of hydrogen-bond acceptors (Lipinski definition) is 4. The Balaban J connectivity index is 1.71. The molecule has 3 aromatic rings. The van der Waals surface area contributed by atoms with Crippen LogP contribution in [0.5, 0.6) is 17.2 Å². The fourth-order valence-corrected chi connectivity index (χ4v) is 5.03. The second-order valence-electron chi connectivity index (χ2n) is 7.14. The maximum absolute atomic E-state index is 13.3. The van der Waals surface area contributed by atoms with Crippen LogP contribution >= 0.6 is 11.6 Å². The van der Waals surface area contributed by atoms with Gasteiger partial charge in [-0.05, 0) is 79.3 Å². The van der Waals surface area contributed by atoms with E-state index in [0.717, 1.165) is 36.8 Å². The third kappa shape index (κ3) is 4.40. The van der Waals surface area contributed by atoms with Crippen molar-refractivity contribution in [2.24, 2.45) is 0 Å². The molecular weight excluding hydrogens is 422 g/mol. The number of benzene rings is 3. The van der Waals surface area contributed by atoms with Crippen molar-refractivity contribution in [1.29, 1.82) is 0 Å². The molecule has 4 rings (SSSR count). The lowest BCUT2D eigenvalue weighted by atomic mass is 9.92. The van der Waals surface area contributed by atoms with Crippen LogP contribution in [0.25, 0.3) is 0 Å². The number of halogens is 1. The molecule has 1 N–H and O–H groups in total. The number of para-hydroxylation sites is 1. The molecule has 156 valence electrons. The first kappa shape index (κ1) is 20.6. The monoisotopic (exact) mass is 443 g/mol. The largest absolute Gasteiger partial charge is 0.495 e. The maximum Gasteiger partial charge on any atom is 0.265 e. The van der Waals surface area contributed by atoms with E-state index in [9.17, 15) is 8.42 Å². The first-order valence-electron chi connectivity index (χ1n) is 9.71. The van der Waals surface area contributed by atoms with Crippen LogP contribution < -0.4 is 14.2 Å². The van der Waals surface area contributed by atoms with Crippen molar-refractivity contribution in [3.63, 3.8) is 0 Å². The molecule has 5 nitrogen and oxygen atoms in total. The molecule has 0 heterocycles. The molecular formula is C23H22ClNO4S. The summed E-state index contributed by atoms with van der Waals surface area (Å²) in [6.45, 7) is 0. The average molecular weight is 444 g/mol. The number of fused-ring (bicyclic) bond motifs is 1. The minimum Gasteiger partial charge on any atom is -0.495 e. The molecule has 30 heavy (non-hydrogen) atoms. The molecule has 0 fully saturated rings. The summed E-state index contributed by atoms with van der Waals surface area (Å²) in [6.07, 6.45) is 3.95. The Kier molecular flexibility index (Phi) is 5.88. The Morgan fingerprint density at radius 3 is 2.30 bits per heavy atom. The summed E-state index contributed by atoms with van der Waals surface area (Å²) < 4.78 is 40.5. The molecule has 1 aliphatic carbocycles. The summed E-state index contributed by atoms with van der Waals surface area (Å²) >= 11 is 6.13. The Labute approximate surface area is 181 Å². The predicted molar refractivity (Wildman–Crippen MR) is 118 cm³/mol. The molecule has 0 amide bonds. The molecule has 3 aromatic carbocycles. The summed E-state index contributed by atoms with van der Waals surface area (Å²) in [7, 11) is -2.46. The molecule has 0 spiro atoms. The highest BCUT2D eigenvalue weighted by atomic mass is 35.5. The number of sulfonamides is 1. The number of anilines is 1. The summed E-state index contributed by atoms with van der Waals surface area (Å²) in [5, 5.41) is 0.394. The summed E-state index contributed by atoms with van der Waals surface area (Å²) in [5.74, 6) is 1.27. The Morgan fingerprint density at radius 1 is 0.900 bits per heavy atom. The van der Waals surface area contributed by atoms with Crippen molar-refractivity contribution in [3.05, 3.63) is 76.8 Å². The zero-order valence-electron chi connectivity index (χ0n) is 16.5. The highest BCUT2D eigenvalue weighted by molar-refractivity contribution is 7.92. The van der Waals surface area contributed by atoms with Gasteiger partial charge in [-0.25, -0.2) is 8.42 Å². The summed E-state index contributed by atoms with van der Waals surface area (Å²) in [4.78, 5) is 0.108. The maximum atomic E-state index is 13.3. The zero-order valence-corrected chi connectivity index (χ0v) is 18.1. The second-order valence-corrected chi connectivity index (χ2v) is 9.23. The highest BCUT2D eigenvalue weighted by Gasteiger charge is 2.24. The molecule has 0 atom stereocenters. The highest BCUT2D eigenvalue weighted by Crippen LogP contribution is 2.36. The molecule has 0 aromatic heterocycles. The number of methoxy groups -OCH3 is 1. The van der Waals surface area contributed by atoms with Crippen molar-refractivity contribution < 1.29 is 17.9 Å². The van der Waals surface area contributed by atoms with Crippen molar-refractivity contribution in [2.75, 3.05) is 11.8 Å². The van der Waals surface area contributed by atoms with Crippen molar-refractivity contribution in [1.82, 2.24) is 0 Å². The van der Waals surface area contributed by atoms with Crippen LogP contribution in [-0.4, -0.2) is 15.5 Å². The number of aryl methyl sites for hydroxylation is 2. The van der Waals surface area contributed by atoms with Crippen LogP contribution in [0, 0.1) is 0 Å². The van der Waals surface area contributed by atoms with E-state index < -0.39 is 10.0 Å². The summed E-state index contributed by atoms with van der Waals surface area (Å²) in [6, 6.07) is 17.5. The van der Waals surface area contributed by atoms with Gasteiger partial charge in [0.15, 0.2) is 5.75 Å². The van der Waals surface area contributed by atoms with Gasteiger partial charge in [-0.15, -0.1) is 0 Å². The van der Waals surface area contributed by atoms with Crippen LogP contribution in [0.1, 0.15) is 24.0 Å². The average Bonchev–Trinajstić information content (AvgIpc) is 2.75. The number of hydrogen-bond donors (Lipinski definition) is 1. The molecule has 0 saturated carbocycles. The number of nitrogens with one attached hydrogen (secondary N) is 1. The van der Waals surface area contributed by atoms with Gasteiger partial charge in [-0.3, -0.25) is 4.72 Å². The van der Waals surface area contributed by atoms with E-state index >= 15 is 0 Å². The second kappa shape index (κ2) is 8.58. The normalized spacial score (nSPS) is 13.4. The van der Waals surface area contributed by atoms with Gasteiger partial charge in [0, 0.05) is 5.02 Å². The van der Waals surface area contributed by atoms with Crippen LogP contribution in [-0.2, 0) is 22.9 Å². The summed E-state index contributed by atoms with van der Waals surface area (Å²) in [5.41, 5.74) is 2.45. The Hall–Kier alpha value is -2.70. The number of ether oxygens (including phenoxy) is 2. The zero-order chi connectivity index (χ0) is 21.1. The van der Waals surface area contributed by atoms with Gasteiger partial charge in [0.05, 0.1) is 12.8 Å². The van der Waals surface area contributed by atoms with Gasteiger partial charge >= 0.3 is 0 Å². The van der Waals surface area contributed by atoms with Gasteiger partial charge in [0.1, 0.15) is 16.4 Å². The van der Waals surface area contributed by atoms with E-state index in [1.54, 1.807) is 30.3 Å². The lowest BCUT2D eigenvalue weighted by Crippen LogP contribution is -2.16. The standard InChI is InChI=1S/C23H22ClNO4S/c1-28-22-13-16-7-5-6-8-17(16)14-23(22)30(26,27)25-20-15-18(24)11-12-21(20)29-19-9-3-2-4-10-19/h2-4,9-15,25H,5-8H2,1H3. The topological polar surface area (TPSA) is 64.6 Å². The smallest absolute Gasteiger partial charge is 0.265 e. The van der Waals surface area contributed by atoms with Crippen molar-refractivity contribution >= 4 is 27.3 Å². The van der Waals surface area contributed by atoms with Gasteiger partial charge in [0.2, 0.25) is 0 Å². The van der Waals surface area contributed by atoms with E-state index in [0.29, 0.717) is 22.3 Å². The van der Waals surface area contributed by atoms with Crippen LogP contribution in [0.2, 0.25) is 5.02 Å². The van der Waals surface area contributed by atoms with Gasteiger partial charge in [0.25, 0.3) is 10.0 Å². The van der Waals surface area contributed by atoms with E-state index in [-0.39, 0.29) is 10.6 Å². The molecule has 0 unspecified atom stereocenters. The molecule has 0 bridgehead atoms. The Morgan fingerprint density at radius 2 is 1.60 bits per heavy atom. The van der Waals surface area contributed by atoms with E-state index in [1.165, 1.54) is 13.2 Å². The van der Waals surface area contributed by atoms with Crippen molar-refractivity contribution in [3.8, 4) is 17.2 Å². The van der Waals surface area contributed by atoms with Gasteiger partial charge in [-0.1, -0.05) is 29.8 Å². The molecule has 1 aliphatic rings. The SMILES string of the molecule is COc1cc2c(cc1S(=O)(=O)Nc1cc(Cl)ccc1Oc1ccccc1)CCCC2.